The van der Waals surface area contributed by atoms with Crippen LogP contribution in [0.1, 0.15) is 31.4 Å². The smallest absolute Gasteiger partial charge is 0.394 e. The van der Waals surface area contributed by atoms with E-state index in [0.717, 1.165) is 18.5 Å². The van der Waals surface area contributed by atoms with Crippen LogP contribution in [0.15, 0.2) is 10.7 Å². The number of rotatable bonds is 3. The fourth-order valence-corrected chi connectivity index (χ4v) is 1.59. The lowest BCUT2D eigenvalue weighted by Crippen LogP contribution is -2.11. The molecule has 0 unspecified atom stereocenters. The molecule has 13 heavy (non-hydrogen) atoms. The van der Waals surface area contributed by atoms with Crippen molar-refractivity contribution < 1.29 is 9.15 Å². The number of ether oxygens (including phenoxy) is 1. The minimum atomic E-state index is 0.296. The summed E-state index contributed by atoms with van der Waals surface area (Å²) in [4.78, 5) is 4.08. The van der Waals surface area contributed by atoms with Crippen LogP contribution in [0, 0.1) is 0 Å². The molecule has 0 atom stereocenters. The maximum Gasteiger partial charge on any atom is 0.394 e. The van der Waals surface area contributed by atoms with Crippen LogP contribution in [0.3, 0.4) is 0 Å². The van der Waals surface area contributed by atoms with Crippen LogP contribution in [0.25, 0.3) is 0 Å². The summed E-state index contributed by atoms with van der Waals surface area (Å²) in [5.41, 5.74) is 6.14. The first-order chi connectivity index (χ1) is 6.38. The largest absolute Gasteiger partial charge is 0.447 e. The van der Waals surface area contributed by atoms with Gasteiger partial charge in [-0.1, -0.05) is 0 Å². The lowest BCUT2D eigenvalue weighted by atomic mass is 10.3. The molecule has 2 rings (SSSR count). The molecule has 0 radical (unpaired) electrons. The molecule has 0 spiro atoms. The summed E-state index contributed by atoms with van der Waals surface area (Å²) in [7, 11) is 0. The summed E-state index contributed by atoms with van der Waals surface area (Å²) >= 11 is 0. The van der Waals surface area contributed by atoms with E-state index < -0.39 is 0 Å². The van der Waals surface area contributed by atoms with E-state index in [1.165, 1.54) is 12.8 Å². The molecule has 0 saturated heterocycles. The number of nitrogens with zero attached hydrogens (tertiary/aromatic N) is 1. The van der Waals surface area contributed by atoms with Crippen LogP contribution in [0.2, 0.25) is 0 Å². The number of hydrogen-bond acceptors (Lipinski definition) is 4. The average molecular weight is 182 g/mol. The molecule has 4 nitrogen and oxygen atoms in total. The first-order valence-electron chi connectivity index (χ1n) is 4.69. The fraction of sp³-hybridized carbons (Fsp3) is 0.667. The SMILES string of the molecule is NCc1coc(OC2CCCC2)n1. The van der Waals surface area contributed by atoms with E-state index >= 15 is 0 Å². The highest BCUT2D eigenvalue weighted by molar-refractivity contribution is 4.99. The van der Waals surface area contributed by atoms with Crippen LogP contribution < -0.4 is 10.5 Å². The van der Waals surface area contributed by atoms with Gasteiger partial charge in [0.25, 0.3) is 0 Å². The predicted octanol–water partition coefficient (Wildman–Crippen LogP) is 1.45. The lowest BCUT2D eigenvalue weighted by molar-refractivity contribution is 0.152. The Balaban J connectivity index is 1.92. The summed E-state index contributed by atoms with van der Waals surface area (Å²) in [6.45, 7) is 0.400. The Morgan fingerprint density at radius 1 is 1.54 bits per heavy atom. The second-order valence-electron chi connectivity index (χ2n) is 3.33. The van der Waals surface area contributed by atoms with Crippen molar-refractivity contribution in [1.29, 1.82) is 0 Å². The average Bonchev–Trinajstić information content (AvgIpc) is 2.76. The molecule has 0 bridgehead atoms. The first-order valence-corrected chi connectivity index (χ1v) is 4.69. The Morgan fingerprint density at radius 2 is 2.31 bits per heavy atom. The molecule has 1 aromatic rings. The summed E-state index contributed by atoms with van der Waals surface area (Å²) in [6.07, 6.45) is 6.92. The highest BCUT2D eigenvalue weighted by atomic mass is 16.6. The van der Waals surface area contributed by atoms with Crippen molar-refractivity contribution in [2.24, 2.45) is 5.73 Å². The standard InChI is InChI=1S/C9H14N2O2/c10-5-7-6-12-9(11-7)13-8-3-1-2-4-8/h6,8H,1-5,10H2. The van der Waals surface area contributed by atoms with Gasteiger partial charge in [-0.2, -0.15) is 4.98 Å². The van der Waals surface area contributed by atoms with E-state index in [-0.39, 0.29) is 0 Å². The van der Waals surface area contributed by atoms with Gasteiger partial charge in [0.2, 0.25) is 0 Å². The van der Waals surface area contributed by atoms with Gasteiger partial charge in [0.15, 0.2) is 0 Å². The lowest BCUT2D eigenvalue weighted by Gasteiger charge is -2.07. The first kappa shape index (κ1) is 8.56. The number of hydrogen-bond donors (Lipinski definition) is 1. The van der Waals surface area contributed by atoms with Crippen molar-refractivity contribution in [3.05, 3.63) is 12.0 Å². The highest BCUT2D eigenvalue weighted by Crippen LogP contribution is 2.23. The molecule has 1 heterocycles. The monoisotopic (exact) mass is 182 g/mol. The Labute approximate surface area is 77.1 Å². The van der Waals surface area contributed by atoms with Gasteiger partial charge in [0, 0.05) is 6.54 Å². The second kappa shape index (κ2) is 3.79. The van der Waals surface area contributed by atoms with Crippen molar-refractivity contribution in [3.8, 4) is 6.08 Å². The third-order valence-electron chi connectivity index (χ3n) is 2.31. The van der Waals surface area contributed by atoms with Gasteiger partial charge in [-0.15, -0.1) is 0 Å². The van der Waals surface area contributed by atoms with Gasteiger partial charge in [-0.05, 0) is 25.7 Å². The van der Waals surface area contributed by atoms with E-state index in [0.29, 0.717) is 18.7 Å². The normalized spacial score (nSPS) is 17.9. The summed E-state index contributed by atoms with van der Waals surface area (Å²) in [6, 6.07) is 0. The molecule has 1 fully saturated rings. The summed E-state index contributed by atoms with van der Waals surface area (Å²) in [5, 5.41) is 0. The Morgan fingerprint density at radius 3 is 2.92 bits per heavy atom. The van der Waals surface area contributed by atoms with Gasteiger partial charge in [0.1, 0.15) is 12.4 Å². The van der Waals surface area contributed by atoms with Gasteiger partial charge >= 0.3 is 6.08 Å². The molecular formula is C9H14N2O2. The molecule has 72 valence electrons. The van der Waals surface area contributed by atoms with Crippen LogP contribution >= 0.6 is 0 Å². The van der Waals surface area contributed by atoms with Gasteiger partial charge in [-0.25, -0.2) is 0 Å². The molecule has 0 amide bonds. The van der Waals surface area contributed by atoms with Crippen molar-refractivity contribution in [2.75, 3.05) is 0 Å². The molecule has 0 aromatic carbocycles. The van der Waals surface area contributed by atoms with E-state index in [1.807, 2.05) is 0 Å². The van der Waals surface area contributed by atoms with Gasteiger partial charge < -0.3 is 14.9 Å². The maximum atomic E-state index is 5.52. The van der Waals surface area contributed by atoms with Crippen LogP contribution in [-0.2, 0) is 6.54 Å². The Kier molecular flexibility index (Phi) is 2.49. The van der Waals surface area contributed by atoms with Crippen molar-refractivity contribution in [3.63, 3.8) is 0 Å². The molecular weight excluding hydrogens is 168 g/mol. The molecule has 1 aliphatic carbocycles. The number of nitrogens with two attached hydrogens (primary N) is 1. The molecule has 0 aliphatic heterocycles. The molecule has 2 N–H and O–H groups in total. The zero-order valence-electron chi connectivity index (χ0n) is 7.53. The molecule has 4 heteroatoms. The Hall–Kier alpha value is -1.03. The quantitative estimate of drug-likeness (QED) is 0.768. The van der Waals surface area contributed by atoms with Gasteiger partial charge in [-0.3, -0.25) is 0 Å². The molecule has 1 aromatic heterocycles. The minimum Gasteiger partial charge on any atom is -0.447 e. The van der Waals surface area contributed by atoms with Gasteiger partial charge in [0.05, 0.1) is 5.69 Å². The highest BCUT2D eigenvalue weighted by Gasteiger charge is 2.18. The third kappa shape index (κ3) is 2.01. The van der Waals surface area contributed by atoms with Crippen LogP contribution in [0.5, 0.6) is 6.08 Å². The van der Waals surface area contributed by atoms with Crippen LogP contribution in [-0.4, -0.2) is 11.1 Å². The Bertz CT molecular complexity index is 266. The summed E-state index contributed by atoms with van der Waals surface area (Å²) < 4.78 is 10.6. The van der Waals surface area contributed by atoms with E-state index in [1.54, 1.807) is 6.26 Å². The zero-order valence-corrected chi connectivity index (χ0v) is 7.53. The maximum absolute atomic E-state index is 5.52. The van der Waals surface area contributed by atoms with Crippen LogP contribution in [0.4, 0.5) is 0 Å². The van der Waals surface area contributed by atoms with E-state index in [2.05, 4.69) is 4.98 Å². The number of oxazole rings is 1. The van der Waals surface area contributed by atoms with E-state index in [9.17, 15) is 0 Å². The van der Waals surface area contributed by atoms with Crippen molar-refractivity contribution in [2.45, 2.75) is 38.3 Å². The topological polar surface area (TPSA) is 61.3 Å². The predicted molar refractivity (Wildman–Crippen MR) is 47.3 cm³/mol. The van der Waals surface area contributed by atoms with Crippen molar-refractivity contribution in [1.82, 2.24) is 4.98 Å². The van der Waals surface area contributed by atoms with E-state index in [4.69, 9.17) is 14.9 Å². The number of aromatic nitrogens is 1. The third-order valence-corrected chi connectivity index (χ3v) is 2.31. The molecule has 1 aliphatic rings. The molecule has 1 saturated carbocycles. The minimum absolute atomic E-state index is 0.296. The second-order valence-corrected chi connectivity index (χ2v) is 3.33. The van der Waals surface area contributed by atoms with Crippen molar-refractivity contribution >= 4 is 0 Å². The zero-order chi connectivity index (χ0) is 9.10. The summed E-state index contributed by atoms with van der Waals surface area (Å²) in [5.74, 6) is 0. The fourth-order valence-electron chi connectivity index (χ4n) is 1.59.